The average Bonchev–Trinajstić information content (AvgIpc) is 3.16. The van der Waals surface area contributed by atoms with Gasteiger partial charge in [-0.15, -0.1) is 0 Å². The summed E-state index contributed by atoms with van der Waals surface area (Å²) in [6.45, 7) is 3.20. The minimum atomic E-state index is -0.182. The third kappa shape index (κ3) is 3.38. The van der Waals surface area contributed by atoms with Crippen LogP contribution in [0, 0.1) is 11.2 Å². The standard InChI is InChI=1S/C17H25FN2O/c18-14-3-5-16(6-4-14)20-10-7-15(11-20)19-12-17(13-21)8-1-2-9-17/h3-6,15,19,21H,1-2,7-13H2. The normalized spacial score (nSPS) is 24.7. The summed E-state index contributed by atoms with van der Waals surface area (Å²) in [4.78, 5) is 2.30. The van der Waals surface area contributed by atoms with E-state index in [1.165, 1.54) is 25.0 Å². The second kappa shape index (κ2) is 6.32. The quantitative estimate of drug-likeness (QED) is 0.875. The molecule has 116 valence electrons. The van der Waals surface area contributed by atoms with Gasteiger partial charge in [-0.2, -0.15) is 0 Å². The first-order valence-corrected chi connectivity index (χ1v) is 8.06. The van der Waals surface area contributed by atoms with Crippen LogP contribution >= 0.6 is 0 Å². The summed E-state index contributed by atoms with van der Waals surface area (Å²) in [6, 6.07) is 7.22. The highest BCUT2D eigenvalue weighted by Crippen LogP contribution is 2.37. The zero-order valence-corrected chi connectivity index (χ0v) is 12.5. The molecule has 0 spiro atoms. The molecule has 3 rings (SSSR count). The maximum Gasteiger partial charge on any atom is 0.123 e. The molecule has 4 heteroatoms. The Labute approximate surface area is 126 Å². The van der Waals surface area contributed by atoms with E-state index in [1.54, 1.807) is 0 Å². The monoisotopic (exact) mass is 292 g/mol. The Hall–Kier alpha value is -1.13. The van der Waals surface area contributed by atoms with Crippen LogP contribution in [0.5, 0.6) is 0 Å². The van der Waals surface area contributed by atoms with Crippen LogP contribution in [-0.4, -0.2) is 37.4 Å². The fourth-order valence-electron chi connectivity index (χ4n) is 3.69. The van der Waals surface area contributed by atoms with Gasteiger partial charge in [-0.25, -0.2) is 4.39 Å². The van der Waals surface area contributed by atoms with Crippen molar-refractivity contribution in [3.05, 3.63) is 30.1 Å². The van der Waals surface area contributed by atoms with Crippen molar-refractivity contribution in [1.29, 1.82) is 0 Å². The molecular weight excluding hydrogens is 267 g/mol. The number of nitrogens with one attached hydrogen (secondary N) is 1. The van der Waals surface area contributed by atoms with Crippen LogP contribution in [0.3, 0.4) is 0 Å². The summed E-state index contributed by atoms with van der Waals surface area (Å²) in [5, 5.41) is 13.3. The summed E-state index contributed by atoms with van der Waals surface area (Å²) in [6.07, 6.45) is 5.89. The third-order valence-electron chi connectivity index (χ3n) is 5.15. The molecule has 0 radical (unpaired) electrons. The largest absolute Gasteiger partial charge is 0.396 e. The first kappa shape index (κ1) is 14.8. The second-order valence-corrected chi connectivity index (χ2v) is 6.65. The van der Waals surface area contributed by atoms with Gasteiger partial charge in [0.15, 0.2) is 0 Å². The zero-order valence-electron chi connectivity index (χ0n) is 12.5. The second-order valence-electron chi connectivity index (χ2n) is 6.65. The lowest BCUT2D eigenvalue weighted by molar-refractivity contribution is 0.125. The molecule has 1 aliphatic carbocycles. The summed E-state index contributed by atoms with van der Waals surface area (Å²) in [5.41, 5.74) is 1.21. The maximum absolute atomic E-state index is 13.0. The number of hydrogen-bond donors (Lipinski definition) is 2. The van der Waals surface area contributed by atoms with Gasteiger partial charge in [0.2, 0.25) is 0 Å². The molecule has 0 bridgehead atoms. The number of aliphatic hydroxyl groups is 1. The Morgan fingerprint density at radius 1 is 1.24 bits per heavy atom. The van der Waals surface area contributed by atoms with Gasteiger partial charge in [0.05, 0.1) is 0 Å². The number of rotatable bonds is 5. The molecule has 1 heterocycles. The summed E-state index contributed by atoms with van der Waals surface area (Å²) in [7, 11) is 0. The Morgan fingerprint density at radius 3 is 2.62 bits per heavy atom. The molecule has 1 saturated heterocycles. The molecule has 2 aliphatic rings. The first-order valence-electron chi connectivity index (χ1n) is 8.06. The number of nitrogens with zero attached hydrogens (tertiary/aromatic N) is 1. The molecule has 1 saturated carbocycles. The lowest BCUT2D eigenvalue weighted by Crippen LogP contribution is -2.41. The lowest BCUT2D eigenvalue weighted by atomic mass is 9.87. The van der Waals surface area contributed by atoms with Crippen LogP contribution < -0.4 is 10.2 Å². The smallest absolute Gasteiger partial charge is 0.123 e. The third-order valence-corrected chi connectivity index (χ3v) is 5.15. The van der Waals surface area contributed by atoms with Gasteiger partial charge in [0.25, 0.3) is 0 Å². The molecule has 0 amide bonds. The van der Waals surface area contributed by atoms with E-state index >= 15 is 0 Å². The highest BCUT2D eigenvalue weighted by Gasteiger charge is 2.34. The summed E-state index contributed by atoms with van der Waals surface area (Å²) >= 11 is 0. The van der Waals surface area contributed by atoms with E-state index in [2.05, 4.69) is 10.2 Å². The Morgan fingerprint density at radius 2 is 1.95 bits per heavy atom. The highest BCUT2D eigenvalue weighted by atomic mass is 19.1. The first-order chi connectivity index (χ1) is 10.2. The van der Waals surface area contributed by atoms with Crippen LogP contribution in [0.1, 0.15) is 32.1 Å². The SMILES string of the molecule is OCC1(CNC2CCN(c3ccc(F)cc3)C2)CCCC1. The van der Waals surface area contributed by atoms with Crippen molar-refractivity contribution in [2.24, 2.45) is 5.41 Å². The molecule has 3 nitrogen and oxygen atoms in total. The summed E-state index contributed by atoms with van der Waals surface area (Å²) in [5.74, 6) is -0.182. The average molecular weight is 292 g/mol. The molecule has 1 aromatic carbocycles. The van der Waals surface area contributed by atoms with Gasteiger partial charge in [0.1, 0.15) is 5.82 Å². The Kier molecular flexibility index (Phi) is 4.45. The highest BCUT2D eigenvalue weighted by molar-refractivity contribution is 5.47. The van der Waals surface area contributed by atoms with E-state index in [1.807, 2.05) is 12.1 Å². The predicted octanol–water partition coefficient (Wildman–Crippen LogP) is 2.55. The topological polar surface area (TPSA) is 35.5 Å². The summed E-state index contributed by atoms with van der Waals surface area (Å²) < 4.78 is 13.0. The number of aliphatic hydroxyl groups excluding tert-OH is 1. The van der Waals surface area contributed by atoms with Crippen LogP contribution in [-0.2, 0) is 0 Å². The van der Waals surface area contributed by atoms with Crippen LogP contribution in [0.2, 0.25) is 0 Å². The van der Waals surface area contributed by atoms with Gasteiger partial charge in [-0.1, -0.05) is 12.8 Å². The van der Waals surface area contributed by atoms with E-state index in [-0.39, 0.29) is 11.2 Å². The number of hydrogen-bond acceptors (Lipinski definition) is 3. The van der Waals surface area contributed by atoms with Gasteiger partial charge < -0.3 is 15.3 Å². The number of anilines is 1. The fourth-order valence-corrected chi connectivity index (χ4v) is 3.69. The minimum Gasteiger partial charge on any atom is -0.396 e. The van der Waals surface area contributed by atoms with Gasteiger partial charge in [-0.3, -0.25) is 0 Å². The van der Waals surface area contributed by atoms with Crippen molar-refractivity contribution < 1.29 is 9.50 Å². The van der Waals surface area contributed by atoms with Crippen molar-refractivity contribution in [1.82, 2.24) is 5.32 Å². The van der Waals surface area contributed by atoms with E-state index < -0.39 is 0 Å². The van der Waals surface area contributed by atoms with Gasteiger partial charge in [-0.05, 0) is 43.5 Å². The lowest BCUT2D eigenvalue weighted by Gasteiger charge is -2.28. The molecule has 1 aliphatic heterocycles. The van der Waals surface area contributed by atoms with Crippen LogP contribution in [0.25, 0.3) is 0 Å². The van der Waals surface area contributed by atoms with Gasteiger partial charge >= 0.3 is 0 Å². The molecule has 21 heavy (non-hydrogen) atoms. The molecule has 0 aromatic heterocycles. The minimum absolute atomic E-state index is 0.114. The van der Waals surface area contributed by atoms with Gasteiger partial charge in [0, 0.05) is 43.4 Å². The molecule has 1 atom stereocenters. The Balaban J connectivity index is 1.51. The van der Waals surface area contributed by atoms with Crippen molar-refractivity contribution in [2.75, 3.05) is 31.1 Å². The predicted molar refractivity (Wildman–Crippen MR) is 83.0 cm³/mol. The zero-order chi connectivity index (χ0) is 14.7. The Bertz CT molecular complexity index is 456. The molecule has 1 aromatic rings. The number of halogens is 1. The van der Waals surface area contributed by atoms with Crippen molar-refractivity contribution >= 4 is 5.69 Å². The molecule has 2 N–H and O–H groups in total. The van der Waals surface area contributed by atoms with E-state index in [0.717, 1.165) is 44.6 Å². The number of benzene rings is 1. The van der Waals surface area contributed by atoms with E-state index in [0.29, 0.717) is 12.6 Å². The fraction of sp³-hybridized carbons (Fsp3) is 0.647. The van der Waals surface area contributed by atoms with E-state index in [9.17, 15) is 9.50 Å². The van der Waals surface area contributed by atoms with E-state index in [4.69, 9.17) is 0 Å². The van der Waals surface area contributed by atoms with Crippen molar-refractivity contribution in [3.8, 4) is 0 Å². The maximum atomic E-state index is 13.0. The van der Waals surface area contributed by atoms with Crippen molar-refractivity contribution in [2.45, 2.75) is 38.1 Å². The van der Waals surface area contributed by atoms with Crippen LogP contribution in [0.4, 0.5) is 10.1 Å². The molecule has 2 fully saturated rings. The molecular formula is C17H25FN2O. The van der Waals surface area contributed by atoms with Crippen LogP contribution in [0.15, 0.2) is 24.3 Å². The van der Waals surface area contributed by atoms with Crippen molar-refractivity contribution in [3.63, 3.8) is 0 Å². The molecule has 1 unspecified atom stereocenters.